The first-order valence-electron chi connectivity index (χ1n) is 10.9. The maximum Gasteiger partial charge on any atom is 0.295 e. The average molecular weight is 450 g/mol. The summed E-state index contributed by atoms with van der Waals surface area (Å²) in [5.41, 5.74) is 1.15. The highest BCUT2D eigenvalue weighted by Crippen LogP contribution is 2.42. The number of nitrogens with zero attached hydrogens (tertiary/aromatic N) is 1. The molecule has 7 heteroatoms. The predicted octanol–water partition coefficient (Wildman–Crippen LogP) is 3.86. The van der Waals surface area contributed by atoms with Crippen LogP contribution in [0.15, 0.2) is 66.8 Å². The van der Waals surface area contributed by atoms with Gasteiger partial charge in [-0.1, -0.05) is 49.1 Å². The highest BCUT2D eigenvalue weighted by atomic mass is 16.5. The van der Waals surface area contributed by atoms with Gasteiger partial charge < -0.3 is 24.2 Å². The molecule has 2 heterocycles. The third-order valence-corrected chi connectivity index (χ3v) is 5.87. The summed E-state index contributed by atoms with van der Waals surface area (Å²) < 4.78 is 16.9. The third-order valence-electron chi connectivity index (χ3n) is 5.87. The molecule has 4 rings (SSSR count). The van der Waals surface area contributed by atoms with Crippen LogP contribution in [0.5, 0.6) is 11.5 Å². The van der Waals surface area contributed by atoms with Crippen LogP contribution in [0.3, 0.4) is 0 Å². The zero-order valence-electron chi connectivity index (χ0n) is 18.5. The number of methoxy groups -OCH3 is 1. The Labute approximate surface area is 192 Å². The van der Waals surface area contributed by atoms with Crippen molar-refractivity contribution >= 4 is 17.4 Å². The molecular formula is C26H27NO6. The van der Waals surface area contributed by atoms with Gasteiger partial charge in [-0.15, -0.1) is 0 Å². The molecule has 0 radical (unpaired) electrons. The van der Waals surface area contributed by atoms with E-state index in [2.05, 4.69) is 6.58 Å². The van der Waals surface area contributed by atoms with Crippen molar-refractivity contribution in [2.24, 2.45) is 0 Å². The van der Waals surface area contributed by atoms with Crippen molar-refractivity contribution in [1.29, 1.82) is 0 Å². The summed E-state index contributed by atoms with van der Waals surface area (Å²) >= 11 is 0. The molecule has 1 N–H and O–H groups in total. The molecule has 0 aliphatic carbocycles. The van der Waals surface area contributed by atoms with Gasteiger partial charge in [-0.25, -0.2) is 0 Å². The first kappa shape index (κ1) is 22.6. The Balaban J connectivity index is 1.82. The summed E-state index contributed by atoms with van der Waals surface area (Å²) in [6, 6.07) is 13.2. The first-order valence-corrected chi connectivity index (χ1v) is 10.9. The Kier molecular flexibility index (Phi) is 6.79. The van der Waals surface area contributed by atoms with Crippen molar-refractivity contribution in [3.63, 3.8) is 0 Å². The number of rotatable bonds is 8. The summed E-state index contributed by atoms with van der Waals surface area (Å²) in [6.45, 7) is 4.85. The Morgan fingerprint density at radius 1 is 1.21 bits per heavy atom. The zero-order valence-corrected chi connectivity index (χ0v) is 18.5. The van der Waals surface area contributed by atoms with E-state index in [1.807, 2.05) is 6.07 Å². The lowest BCUT2D eigenvalue weighted by molar-refractivity contribution is -0.140. The monoisotopic (exact) mass is 449 g/mol. The van der Waals surface area contributed by atoms with E-state index < -0.39 is 17.7 Å². The van der Waals surface area contributed by atoms with Gasteiger partial charge in [0.25, 0.3) is 11.7 Å². The van der Waals surface area contributed by atoms with Gasteiger partial charge >= 0.3 is 0 Å². The number of likely N-dealkylation sites (tertiary alicyclic amines) is 1. The second-order valence-electron chi connectivity index (χ2n) is 7.96. The van der Waals surface area contributed by atoms with Crippen LogP contribution in [0.25, 0.3) is 5.76 Å². The molecule has 0 spiro atoms. The van der Waals surface area contributed by atoms with Crippen molar-refractivity contribution in [3.8, 4) is 11.5 Å². The molecule has 2 saturated heterocycles. The number of carbonyl (C=O) groups excluding carboxylic acids is 2. The maximum absolute atomic E-state index is 13.1. The van der Waals surface area contributed by atoms with Crippen molar-refractivity contribution in [2.75, 3.05) is 26.9 Å². The molecule has 2 aliphatic rings. The lowest BCUT2D eigenvalue weighted by Gasteiger charge is -2.28. The van der Waals surface area contributed by atoms with Crippen molar-refractivity contribution < 1.29 is 28.9 Å². The van der Waals surface area contributed by atoms with E-state index in [9.17, 15) is 14.7 Å². The van der Waals surface area contributed by atoms with Gasteiger partial charge in [0.05, 0.1) is 24.8 Å². The molecule has 7 nitrogen and oxygen atoms in total. The van der Waals surface area contributed by atoms with Crippen LogP contribution in [-0.4, -0.2) is 54.7 Å². The first-order chi connectivity index (χ1) is 16.0. The Hall–Kier alpha value is -3.58. The van der Waals surface area contributed by atoms with Gasteiger partial charge in [-0.2, -0.15) is 0 Å². The smallest absolute Gasteiger partial charge is 0.295 e. The molecule has 0 aromatic heterocycles. The average Bonchev–Trinajstić information content (AvgIpc) is 3.45. The van der Waals surface area contributed by atoms with Gasteiger partial charge in [0.2, 0.25) is 0 Å². The van der Waals surface area contributed by atoms with E-state index in [0.717, 1.165) is 12.8 Å². The molecule has 0 saturated carbocycles. The molecule has 33 heavy (non-hydrogen) atoms. The number of aliphatic hydroxyl groups excluding tert-OH is 1. The van der Waals surface area contributed by atoms with Crippen LogP contribution in [0.2, 0.25) is 0 Å². The number of ether oxygens (including phenoxy) is 3. The topological polar surface area (TPSA) is 85.3 Å². The second-order valence-corrected chi connectivity index (χ2v) is 7.96. The van der Waals surface area contributed by atoms with Crippen LogP contribution in [0.4, 0.5) is 0 Å². The van der Waals surface area contributed by atoms with E-state index in [0.29, 0.717) is 35.8 Å². The minimum absolute atomic E-state index is 0.0472. The maximum atomic E-state index is 13.1. The van der Waals surface area contributed by atoms with Gasteiger partial charge in [0, 0.05) is 18.7 Å². The number of Topliss-reactive ketones (excluding diaryl/α,β-unsaturated/α-hetero) is 1. The fourth-order valence-corrected chi connectivity index (χ4v) is 4.30. The summed E-state index contributed by atoms with van der Waals surface area (Å²) in [5.74, 6) is -0.610. The molecular weight excluding hydrogens is 422 g/mol. The number of hydrogen-bond donors (Lipinski definition) is 1. The molecule has 2 aliphatic heterocycles. The number of amides is 1. The molecule has 172 valence electrons. The van der Waals surface area contributed by atoms with Gasteiger partial charge in [-0.05, 0) is 30.5 Å². The van der Waals surface area contributed by atoms with E-state index in [1.165, 1.54) is 12.0 Å². The lowest BCUT2D eigenvalue weighted by Crippen LogP contribution is -2.36. The summed E-state index contributed by atoms with van der Waals surface area (Å²) in [7, 11) is 1.52. The van der Waals surface area contributed by atoms with E-state index in [1.54, 1.807) is 48.5 Å². The molecule has 0 bridgehead atoms. The fraction of sp³-hybridized carbons (Fsp3) is 0.308. The molecule has 1 amide bonds. The molecule has 2 unspecified atom stereocenters. The van der Waals surface area contributed by atoms with Crippen LogP contribution in [0.1, 0.15) is 30.0 Å². The SMILES string of the molecule is C=CCOc1ccc(C2/C(=C(\O)c3ccccc3)C(=O)C(=O)N2CC2CCCO2)cc1OC. The van der Waals surface area contributed by atoms with Crippen LogP contribution < -0.4 is 9.47 Å². The number of benzene rings is 2. The van der Waals surface area contributed by atoms with Gasteiger partial charge in [0.1, 0.15) is 12.4 Å². The lowest BCUT2D eigenvalue weighted by atomic mass is 9.95. The summed E-state index contributed by atoms with van der Waals surface area (Å²) in [4.78, 5) is 27.7. The van der Waals surface area contributed by atoms with Crippen molar-refractivity contribution in [3.05, 3.63) is 77.9 Å². The predicted molar refractivity (Wildman–Crippen MR) is 123 cm³/mol. The number of ketones is 1. The highest BCUT2D eigenvalue weighted by Gasteiger charge is 2.47. The number of hydrogen-bond acceptors (Lipinski definition) is 6. The largest absolute Gasteiger partial charge is 0.507 e. The Morgan fingerprint density at radius 3 is 2.67 bits per heavy atom. The minimum Gasteiger partial charge on any atom is -0.507 e. The van der Waals surface area contributed by atoms with E-state index in [-0.39, 0.29) is 24.0 Å². The standard InChI is InChI=1S/C26H27NO6/c1-3-13-33-20-12-11-18(15-21(20)31-2)23-22(24(28)17-8-5-4-6-9-17)25(29)26(30)27(23)16-19-10-7-14-32-19/h3-6,8-9,11-12,15,19,23,28H,1,7,10,13-14,16H2,2H3/b24-22+. The van der Waals surface area contributed by atoms with Gasteiger partial charge in [0.15, 0.2) is 11.5 Å². The minimum atomic E-state index is -0.781. The quantitative estimate of drug-likeness (QED) is 0.285. The van der Waals surface area contributed by atoms with Crippen molar-refractivity contribution in [1.82, 2.24) is 4.90 Å². The Morgan fingerprint density at radius 2 is 2.00 bits per heavy atom. The third kappa shape index (κ3) is 4.50. The van der Waals surface area contributed by atoms with Crippen LogP contribution >= 0.6 is 0 Å². The normalized spacial score (nSPS) is 21.9. The fourth-order valence-electron chi connectivity index (χ4n) is 4.30. The molecule has 2 aromatic carbocycles. The van der Waals surface area contributed by atoms with Crippen LogP contribution in [0, 0.1) is 0 Å². The van der Waals surface area contributed by atoms with Crippen molar-refractivity contribution in [2.45, 2.75) is 25.0 Å². The number of aliphatic hydroxyl groups is 1. The Bertz CT molecular complexity index is 1070. The van der Waals surface area contributed by atoms with Gasteiger partial charge in [-0.3, -0.25) is 9.59 Å². The highest BCUT2D eigenvalue weighted by molar-refractivity contribution is 6.46. The summed E-state index contributed by atoms with van der Waals surface area (Å²) in [5, 5.41) is 11.1. The zero-order chi connectivity index (χ0) is 23.4. The van der Waals surface area contributed by atoms with E-state index in [4.69, 9.17) is 14.2 Å². The number of carbonyl (C=O) groups is 2. The molecule has 2 fully saturated rings. The molecule has 2 aromatic rings. The van der Waals surface area contributed by atoms with Crippen LogP contribution in [-0.2, 0) is 14.3 Å². The summed E-state index contributed by atoms with van der Waals surface area (Å²) in [6.07, 6.45) is 3.20. The second kappa shape index (κ2) is 9.92. The van der Waals surface area contributed by atoms with E-state index >= 15 is 0 Å². The molecule has 2 atom stereocenters.